The lowest BCUT2D eigenvalue weighted by atomic mass is 9.96. The monoisotopic (exact) mass is 471 g/mol. The fourth-order valence-corrected chi connectivity index (χ4v) is 4.31. The van der Waals surface area contributed by atoms with E-state index in [9.17, 15) is 14.9 Å². The van der Waals surface area contributed by atoms with Gasteiger partial charge in [0, 0.05) is 51.3 Å². The van der Waals surface area contributed by atoms with Crippen LogP contribution in [0, 0.1) is 10.1 Å². The van der Waals surface area contributed by atoms with E-state index in [-0.39, 0.29) is 17.6 Å². The number of hydrogen-bond donors (Lipinski definition) is 1. The highest BCUT2D eigenvalue weighted by Crippen LogP contribution is 2.29. The molecule has 0 radical (unpaired) electrons. The van der Waals surface area contributed by atoms with Gasteiger partial charge in [0.1, 0.15) is 0 Å². The molecule has 3 aromatic rings. The maximum absolute atomic E-state index is 12.2. The van der Waals surface area contributed by atoms with Gasteiger partial charge in [-0.3, -0.25) is 19.8 Å². The normalized spacial score (nSPS) is 14.9. The van der Waals surface area contributed by atoms with Crippen molar-refractivity contribution < 1.29 is 9.72 Å². The summed E-state index contributed by atoms with van der Waals surface area (Å²) in [5, 5.41) is 14.7. The minimum Gasteiger partial charge on any atom is -0.300 e. The maximum Gasteiger partial charge on any atom is 0.269 e. The van der Waals surface area contributed by atoms with E-state index in [1.165, 1.54) is 29.5 Å². The Hall–Kier alpha value is -3.88. The van der Waals surface area contributed by atoms with Gasteiger partial charge in [-0.1, -0.05) is 60.7 Å². The van der Waals surface area contributed by atoms with E-state index >= 15 is 0 Å². The second-order valence-electron chi connectivity index (χ2n) is 8.49. The molecule has 1 aliphatic rings. The van der Waals surface area contributed by atoms with Crippen molar-refractivity contribution in [1.82, 2.24) is 15.2 Å². The van der Waals surface area contributed by atoms with Crippen molar-refractivity contribution in [1.29, 1.82) is 0 Å². The number of hydrogen-bond acceptors (Lipinski definition) is 6. The number of benzene rings is 3. The van der Waals surface area contributed by atoms with Crippen LogP contribution in [0.15, 0.2) is 90.0 Å². The van der Waals surface area contributed by atoms with Gasteiger partial charge < -0.3 is 4.90 Å². The fourth-order valence-electron chi connectivity index (χ4n) is 4.31. The number of amides is 1. The molecule has 3 aromatic carbocycles. The Morgan fingerprint density at radius 3 is 2.03 bits per heavy atom. The van der Waals surface area contributed by atoms with Crippen LogP contribution in [-0.4, -0.2) is 59.6 Å². The van der Waals surface area contributed by atoms with E-state index in [1.54, 1.807) is 12.1 Å². The van der Waals surface area contributed by atoms with Gasteiger partial charge in [0.05, 0.1) is 17.2 Å². The van der Waals surface area contributed by atoms with E-state index in [4.69, 9.17) is 0 Å². The predicted octanol–water partition coefficient (Wildman–Crippen LogP) is 3.84. The summed E-state index contributed by atoms with van der Waals surface area (Å²) >= 11 is 0. The zero-order valence-corrected chi connectivity index (χ0v) is 19.5. The average Bonchev–Trinajstić information content (AvgIpc) is 2.90. The van der Waals surface area contributed by atoms with Gasteiger partial charge in [-0.15, -0.1) is 0 Å². The van der Waals surface area contributed by atoms with Gasteiger partial charge in [-0.25, -0.2) is 5.43 Å². The van der Waals surface area contributed by atoms with Crippen LogP contribution in [-0.2, 0) is 4.79 Å². The summed E-state index contributed by atoms with van der Waals surface area (Å²) in [4.78, 5) is 27.3. The van der Waals surface area contributed by atoms with E-state index in [1.807, 2.05) is 12.1 Å². The smallest absolute Gasteiger partial charge is 0.269 e. The van der Waals surface area contributed by atoms with Crippen LogP contribution in [0.2, 0.25) is 0 Å². The quantitative estimate of drug-likeness (QED) is 0.291. The Morgan fingerprint density at radius 1 is 0.914 bits per heavy atom. The Morgan fingerprint density at radius 2 is 1.49 bits per heavy atom. The van der Waals surface area contributed by atoms with Crippen LogP contribution >= 0.6 is 0 Å². The number of nitro benzene ring substituents is 1. The molecule has 0 aromatic heterocycles. The molecule has 180 valence electrons. The molecule has 1 fully saturated rings. The van der Waals surface area contributed by atoms with Crippen LogP contribution in [0.1, 0.15) is 29.2 Å². The number of rotatable bonds is 9. The summed E-state index contributed by atoms with van der Waals surface area (Å²) in [6, 6.07) is 27.4. The molecule has 1 amide bonds. The van der Waals surface area contributed by atoms with Crippen molar-refractivity contribution in [2.24, 2.45) is 5.10 Å². The first kappa shape index (κ1) is 24.3. The zero-order valence-electron chi connectivity index (χ0n) is 19.5. The number of nitro groups is 1. The van der Waals surface area contributed by atoms with E-state index in [0.29, 0.717) is 18.5 Å². The molecule has 1 N–H and O–H groups in total. The maximum atomic E-state index is 12.2. The van der Waals surface area contributed by atoms with Crippen LogP contribution in [0.25, 0.3) is 0 Å². The van der Waals surface area contributed by atoms with Crippen molar-refractivity contribution in [2.75, 3.05) is 32.7 Å². The van der Waals surface area contributed by atoms with Gasteiger partial charge in [0.15, 0.2) is 0 Å². The lowest BCUT2D eigenvalue weighted by molar-refractivity contribution is -0.384. The average molecular weight is 472 g/mol. The molecule has 0 bridgehead atoms. The van der Waals surface area contributed by atoms with Crippen molar-refractivity contribution >= 4 is 17.8 Å². The van der Waals surface area contributed by atoms with Crippen molar-refractivity contribution in [3.05, 3.63) is 112 Å². The van der Waals surface area contributed by atoms with Crippen molar-refractivity contribution in [3.8, 4) is 0 Å². The first-order valence-electron chi connectivity index (χ1n) is 11.7. The number of piperazine rings is 1. The lowest BCUT2D eigenvalue weighted by Crippen LogP contribution is -2.48. The van der Waals surface area contributed by atoms with Crippen LogP contribution in [0.3, 0.4) is 0 Å². The standard InChI is InChI=1S/C27H29N5O3/c33-26(29-28-21-22-11-13-25(14-12-22)32(34)35)15-16-30-17-19-31(20-18-30)27(23-7-3-1-4-8-23)24-9-5-2-6-10-24/h1-14,21,27H,15-20H2,(H,29,33). The minimum absolute atomic E-state index is 0.0186. The highest BCUT2D eigenvalue weighted by Gasteiger charge is 2.26. The molecule has 0 unspecified atom stereocenters. The zero-order chi connectivity index (χ0) is 24.5. The molecule has 8 heteroatoms. The number of carbonyl (C=O) groups is 1. The van der Waals surface area contributed by atoms with E-state index in [2.05, 4.69) is 68.9 Å². The highest BCUT2D eigenvalue weighted by molar-refractivity contribution is 5.82. The summed E-state index contributed by atoms with van der Waals surface area (Å²) < 4.78 is 0. The molecular formula is C27H29N5O3. The molecule has 1 aliphatic heterocycles. The largest absolute Gasteiger partial charge is 0.300 e. The Bertz CT molecular complexity index is 1090. The van der Waals surface area contributed by atoms with Crippen LogP contribution < -0.4 is 5.43 Å². The molecule has 0 aliphatic carbocycles. The molecule has 4 rings (SSSR count). The van der Waals surface area contributed by atoms with Crippen molar-refractivity contribution in [2.45, 2.75) is 12.5 Å². The molecule has 1 heterocycles. The Kier molecular flexibility index (Phi) is 8.32. The number of non-ortho nitro benzene ring substituents is 1. The van der Waals surface area contributed by atoms with Gasteiger partial charge in [0.25, 0.3) is 5.69 Å². The summed E-state index contributed by atoms with van der Waals surface area (Å²) in [6.07, 6.45) is 1.84. The fraction of sp³-hybridized carbons (Fsp3) is 0.259. The third-order valence-electron chi connectivity index (χ3n) is 6.16. The van der Waals surface area contributed by atoms with Gasteiger partial charge in [-0.2, -0.15) is 5.10 Å². The minimum atomic E-state index is -0.452. The first-order valence-corrected chi connectivity index (χ1v) is 11.7. The lowest BCUT2D eigenvalue weighted by Gasteiger charge is -2.39. The van der Waals surface area contributed by atoms with Gasteiger partial charge in [0.2, 0.25) is 5.91 Å². The third-order valence-corrected chi connectivity index (χ3v) is 6.16. The summed E-state index contributed by atoms with van der Waals surface area (Å²) in [5.74, 6) is -0.156. The van der Waals surface area contributed by atoms with Gasteiger partial charge in [-0.05, 0) is 28.8 Å². The molecule has 8 nitrogen and oxygen atoms in total. The van der Waals surface area contributed by atoms with E-state index < -0.39 is 4.92 Å². The molecule has 35 heavy (non-hydrogen) atoms. The molecule has 0 spiro atoms. The summed E-state index contributed by atoms with van der Waals surface area (Å²) in [7, 11) is 0. The molecular weight excluding hydrogens is 442 g/mol. The summed E-state index contributed by atoms with van der Waals surface area (Å²) in [6.45, 7) is 4.32. The number of hydrazone groups is 1. The summed E-state index contributed by atoms with van der Waals surface area (Å²) in [5.41, 5.74) is 5.81. The van der Waals surface area contributed by atoms with Gasteiger partial charge >= 0.3 is 0 Å². The molecule has 0 atom stereocenters. The second-order valence-corrected chi connectivity index (χ2v) is 8.49. The molecule has 1 saturated heterocycles. The topological polar surface area (TPSA) is 91.1 Å². The highest BCUT2D eigenvalue weighted by atomic mass is 16.6. The number of nitrogens with one attached hydrogen (secondary N) is 1. The number of carbonyl (C=O) groups excluding carboxylic acids is 1. The Balaban J connectivity index is 1.25. The first-order chi connectivity index (χ1) is 17.1. The second kappa shape index (κ2) is 12.0. The van der Waals surface area contributed by atoms with Crippen LogP contribution in [0.5, 0.6) is 0 Å². The Labute approximate surface area is 205 Å². The SMILES string of the molecule is O=C(CCN1CCN(C(c2ccccc2)c2ccccc2)CC1)NN=Cc1ccc([N+](=O)[O-])cc1. The third kappa shape index (κ3) is 6.81. The van der Waals surface area contributed by atoms with Crippen LogP contribution in [0.4, 0.5) is 5.69 Å². The molecule has 0 saturated carbocycles. The van der Waals surface area contributed by atoms with E-state index in [0.717, 1.165) is 26.2 Å². The predicted molar refractivity (Wildman–Crippen MR) is 136 cm³/mol. The number of nitrogens with zero attached hydrogens (tertiary/aromatic N) is 4. The van der Waals surface area contributed by atoms with Crippen molar-refractivity contribution in [3.63, 3.8) is 0 Å².